The number of hydrogen-bond acceptors (Lipinski definition) is 6. The number of anilines is 2. The van der Waals surface area contributed by atoms with Gasteiger partial charge in [-0.2, -0.15) is 0 Å². The van der Waals surface area contributed by atoms with Gasteiger partial charge in [0.15, 0.2) is 0 Å². The number of aryl methyl sites for hydroxylation is 1. The highest BCUT2D eigenvalue weighted by molar-refractivity contribution is 6.31. The van der Waals surface area contributed by atoms with Crippen molar-refractivity contribution in [2.45, 2.75) is 6.92 Å². The van der Waals surface area contributed by atoms with Gasteiger partial charge in [0.2, 0.25) is 11.8 Å². The third-order valence-electron chi connectivity index (χ3n) is 5.58. The van der Waals surface area contributed by atoms with Crippen molar-refractivity contribution >= 4 is 51.7 Å². The van der Waals surface area contributed by atoms with E-state index in [4.69, 9.17) is 21.1 Å². The highest BCUT2D eigenvalue weighted by atomic mass is 35.5. The summed E-state index contributed by atoms with van der Waals surface area (Å²) >= 11 is 5.93. The lowest BCUT2D eigenvalue weighted by atomic mass is 10.00. The number of benzene rings is 3. The Morgan fingerprint density at radius 2 is 1.62 bits per heavy atom. The molecule has 8 nitrogen and oxygen atoms in total. The van der Waals surface area contributed by atoms with Crippen LogP contribution in [0.2, 0.25) is 5.02 Å². The van der Waals surface area contributed by atoms with Crippen molar-refractivity contribution in [3.05, 3.63) is 89.1 Å². The molecule has 9 heteroatoms. The van der Waals surface area contributed by atoms with Gasteiger partial charge in [0.05, 0.1) is 23.9 Å². The molecule has 0 aliphatic carbocycles. The van der Waals surface area contributed by atoms with Crippen LogP contribution >= 0.6 is 11.6 Å². The molecule has 0 saturated heterocycles. The van der Waals surface area contributed by atoms with E-state index in [1.807, 2.05) is 55.5 Å². The molecule has 0 aliphatic rings. The molecule has 0 aliphatic heterocycles. The van der Waals surface area contributed by atoms with Gasteiger partial charge < -0.3 is 20.1 Å². The number of aromatic nitrogens is 1. The Hall–Kier alpha value is -4.27. The monoisotopic (exact) mass is 517 g/mol. The SMILES string of the molecule is COC(=O)c1cc(Cl)ccc1NC(=O)COCC(=O)Nc1cc(-c2cccc3cccnc23)ccc1C. The summed E-state index contributed by atoms with van der Waals surface area (Å²) in [6, 6.07) is 20.0. The Morgan fingerprint density at radius 3 is 2.38 bits per heavy atom. The van der Waals surface area contributed by atoms with E-state index >= 15 is 0 Å². The van der Waals surface area contributed by atoms with Crippen molar-refractivity contribution in [3.63, 3.8) is 0 Å². The third-order valence-corrected chi connectivity index (χ3v) is 5.82. The Balaban J connectivity index is 1.37. The van der Waals surface area contributed by atoms with Crippen molar-refractivity contribution < 1.29 is 23.9 Å². The van der Waals surface area contributed by atoms with Crippen LogP contribution in [-0.2, 0) is 19.1 Å². The maximum atomic E-state index is 12.5. The molecule has 4 aromatic rings. The predicted molar refractivity (Wildman–Crippen MR) is 143 cm³/mol. The van der Waals surface area contributed by atoms with E-state index in [9.17, 15) is 14.4 Å². The average molecular weight is 518 g/mol. The zero-order valence-corrected chi connectivity index (χ0v) is 21.0. The lowest BCUT2D eigenvalue weighted by molar-refractivity contribution is -0.125. The maximum Gasteiger partial charge on any atom is 0.340 e. The lowest BCUT2D eigenvalue weighted by Gasteiger charge is -2.13. The molecule has 37 heavy (non-hydrogen) atoms. The number of para-hydroxylation sites is 1. The summed E-state index contributed by atoms with van der Waals surface area (Å²) in [6.45, 7) is 1.16. The smallest absolute Gasteiger partial charge is 0.340 e. The van der Waals surface area contributed by atoms with Crippen LogP contribution in [0.4, 0.5) is 11.4 Å². The molecule has 4 rings (SSSR count). The van der Waals surface area contributed by atoms with Gasteiger partial charge in [0.25, 0.3) is 0 Å². The van der Waals surface area contributed by atoms with Crippen molar-refractivity contribution in [2.24, 2.45) is 0 Å². The van der Waals surface area contributed by atoms with Crippen molar-refractivity contribution in [1.82, 2.24) is 4.98 Å². The number of fused-ring (bicyclic) bond motifs is 1. The molecule has 0 saturated carbocycles. The fraction of sp³-hybridized carbons (Fsp3) is 0.143. The van der Waals surface area contributed by atoms with Crippen LogP contribution < -0.4 is 10.6 Å². The number of hydrogen-bond donors (Lipinski definition) is 2. The Bertz CT molecular complexity index is 1480. The second-order valence-electron chi connectivity index (χ2n) is 8.18. The molecular formula is C28H24ClN3O5. The summed E-state index contributed by atoms with van der Waals surface area (Å²) in [6.07, 6.45) is 1.75. The van der Waals surface area contributed by atoms with Gasteiger partial charge in [-0.15, -0.1) is 0 Å². The van der Waals surface area contributed by atoms with Gasteiger partial charge in [-0.05, 0) is 48.4 Å². The van der Waals surface area contributed by atoms with Gasteiger partial charge in [0, 0.05) is 27.9 Å². The number of nitrogens with zero attached hydrogens (tertiary/aromatic N) is 1. The first-order valence-corrected chi connectivity index (χ1v) is 11.7. The molecule has 0 radical (unpaired) electrons. The number of rotatable bonds is 8. The molecule has 2 N–H and O–H groups in total. The molecule has 2 amide bonds. The van der Waals surface area contributed by atoms with E-state index < -0.39 is 24.4 Å². The van der Waals surface area contributed by atoms with E-state index in [0.717, 1.165) is 27.6 Å². The molecule has 188 valence electrons. The summed E-state index contributed by atoms with van der Waals surface area (Å²) in [5.41, 5.74) is 4.58. The first-order valence-electron chi connectivity index (χ1n) is 11.4. The van der Waals surface area contributed by atoms with E-state index in [1.54, 1.807) is 6.20 Å². The number of amides is 2. The van der Waals surface area contributed by atoms with E-state index in [2.05, 4.69) is 15.6 Å². The first kappa shape index (κ1) is 25.8. The highest BCUT2D eigenvalue weighted by Gasteiger charge is 2.15. The van der Waals surface area contributed by atoms with Crippen LogP contribution in [0.3, 0.4) is 0 Å². The fourth-order valence-corrected chi connectivity index (χ4v) is 3.95. The topological polar surface area (TPSA) is 107 Å². The molecule has 0 spiro atoms. The summed E-state index contributed by atoms with van der Waals surface area (Å²) in [4.78, 5) is 41.3. The lowest BCUT2D eigenvalue weighted by Crippen LogP contribution is -2.24. The second kappa shape index (κ2) is 11.6. The van der Waals surface area contributed by atoms with Crippen LogP contribution in [0, 0.1) is 6.92 Å². The number of esters is 1. The molecule has 0 atom stereocenters. The summed E-state index contributed by atoms with van der Waals surface area (Å²) in [5, 5.41) is 6.75. The van der Waals surface area contributed by atoms with E-state index in [1.165, 1.54) is 25.3 Å². The number of carbonyl (C=O) groups excluding carboxylic acids is 3. The molecule has 1 aromatic heterocycles. The molecular weight excluding hydrogens is 494 g/mol. The molecule has 0 bridgehead atoms. The Kier molecular flexibility index (Phi) is 8.12. The van der Waals surface area contributed by atoms with Gasteiger partial charge in [-0.1, -0.05) is 48.0 Å². The van der Waals surface area contributed by atoms with Gasteiger partial charge in [0.1, 0.15) is 13.2 Å². The summed E-state index contributed by atoms with van der Waals surface area (Å²) in [7, 11) is 1.23. The number of pyridine rings is 1. The number of ether oxygens (including phenoxy) is 2. The molecule has 0 fully saturated rings. The largest absolute Gasteiger partial charge is 0.465 e. The average Bonchev–Trinajstić information content (AvgIpc) is 2.90. The highest BCUT2D eigenvalue weighted by Crippen LogP contribution is 2.30. The summed E-state index contributed by atoms with van der Waals surface area (Å²) < 4.78 is 10.0. The van der Waals surface area contributed by atoms with Crippen molar-refractivity contribution in [1.29, 1.82) is 0 Å². The van der Waals surface area contributed by atoms with Crippen molar-refractivity contribution in [3.8, 4) is 11.1 Å². The van der Waals surface area contributed by atoms with Gasteiger partial charge >= 0.3 is 5.97 Å². The van der Waals surface area contributed by atoms with Crippen LogP contribution in [0.5, 0.6) is 0 Å². The number of methoxy groups -OCH3 is 1. The number of nitrogens with one attached hydrogen (secondary N) is 2. The normalized spacial score (nSPS) is 10.7. The van der Waals surface area contributed by atoms with E-state index in [-0.39, 0.29) is 17.9 Å². The minimum absolute atomic E-state index is 0.109. The third kappa shape index (κ3) is 6.30. The van der Waals surface area contributed by atoms with Crippen LogP contribution in [0.15, 0.2) is 72.9 Å². The second-order valence-corrected chi connectivity index (χ2v) is 8.62. The minimum Gasteiger partial charge on any atom is -0.465 e. The zero-order valence-electron chi connectivity index (χ0n) is 20.2. The van der Waals surface area contributed by atoms with Gasteiger partial charge in [-0.3, -0.25) is 14.6 Å². The predicted octanol–water partition coefficient (Wildman–Crippen LogP) is 5.24. The fourth-order valence-electron chi connectivity index (χ4n) is 3.77. The Labute approximate surface area is 218 Å². The van der Waals surface area contributed by atoms with E-state index in [0.29, 0.717) is 10.7 Å². The number of halogens is 1. The first-order chi connectivity index (χ1) is 17.9. The zero-order chi connectivity index (χ0) is 26.4. The molecule has 1 heterocycles. The van der Waals surface area contributed by atoms with Crippen molar-refractivity contribution in [2.75, 3.05) is 31.0 Å². The van der Waals surface area contributed by atoms with Crippen LogP contribution in [0.25, 0.3) is 22.0 Å². The molecule has 0 unspecified atom stereocenters. The molecule has 3 aromatic carbocycles. The van der Waals surface area contributed by atoms with Gasteiger partial charge in [-0.25, -0.2) is 4.79 Å². The van der Waals surface area contributed by atoms with Crippen LogP contribution in [0.1, 0.15) is 15.9 Å². The standard InChI is InChI=1S/C28H24ClN3O5/c1-17-8-9-19(21-7-3-5-18-6-4-12-30-27(18)21)13-24(17)32-26(34)16-37-15-25(33)31-23-11-10-20(29)14-22(23)28(35)36-2/h3-14H,15-16H2,1-2H3,(H,31,33)(H,32,34). The number of carbonyl (C=O) groups is 3. The minimum atomic E-state index is -0.644. The summed E-state index contributed by atoms with van der Waals surface area (Å²) in [5.74, 6) is -1.59. The Morgan fingerprint density at radius 1 is 0.892 bits per heavy atom. The van der Waals surface area contributed by atoms with Crippen LogP contribution in [-0.4, -0.2) is 43.1 Å². The quantitative estimate of drug-likeness (QED) is 0.309. The maximum absolute atomic E-state index is 12.5.